The van der Waals surface area contributed by atoms with Gasteiger partial charge in [0.05, 0.1) is 0 Å². The van der Waals surface area contributed by atoms with E-state index in [9.17, 15) is 0 Å². The van der Waals surface area contributed by atoms with Crippen LogP contribution < -0.4 is 10.6 Å². The summed E-state index contributed by atoms with van der Waals surface area (Å²) in [6.07, 6.45) is 6.69. The van der Waals surface area contributed by atoms with Gasteiger partial charge in [-0.15, -0.1) is 0 Å². The zero-order chi connectivity index (χ0) is 12.1. The quantitative estimate of drug-likeness (QED) is 0.712. The topological polar surface area (TPSA) is 33.3 Å². The Morgan fingerprint density at radius 1 is 1.41 bits per heavy atom. The van der Waals surface area contributed by atoms with Crippen molar-refractivity contribution in [3.8, 4) is 0 Å². The predicted molar refractivity (Wildman–Crippen MR) is 71.2 cm³/mol. The molecule has 0 aromatic heterocycles. The van der Waals surface area contributed by atoms with E-state index in [1.54, 1.807) is 7.11 Å². The average molecular weight is 240 g/mol. The highest BCUT2D eigenvalue weighted by atomic mass is 16.5. The van der Waals surface area contributed by atoms with Crippen molar-refractivity contribution in [3.05, 3.63) is 0 Å². The summed E-state index contributed by atoms with van der Waals surface area (Å²) >= 11 is 0. The molecule has 2 aliphatic rings. The fourth-order valence-electron chi connectivity index (χ4n) is 2.97. The van der Waals surface area contributed by atoms with Crippen LogP contribution in [0.25, 0.3) is 0 Å². The largest absolute Gasteiger partial charge is 0.385 e. The third-order valence-electron chi connectivity index (χ3n) is 4.46. The molecule has 1 saturated carbocycles. The van der Waals surface area contributed by atoms with Gasteiger partial charge in [0.15, 0.2) is 0 Å². The number of hydrogen-bond donors (Lipinski definition) is 2. The van der Waals surface area contributed by atoms with Crippen molar-refractivity contribution in [3.63, 3.8) is 0 Å². The molecule has 100 valence electrons. The minimum Gasteiger partial charge on any atom is -0.385 e. The molecular formula is C14H28N2O. The highest BCUT2D eigenvalue weighted by Gasteiger charge is 2.41. The number of methoxy groups -OCH3 is 1. The van der Waals surface area contributed by atoms with E-state index in [0.29, 0.717) is 11.5 Å². The van der Waals surface area contributed by atoms with Gasteiger partial charge in [-0.1, -0.05) is 0 Å². The lowest BCUT2D eigenvalue weighted by atomic mass is 9.93. The lowest BCUT2D eigenvalue weighted by molar-refractivity contribution is 0.170. The van der Waals surface area contributed by atoms with Crippen LogP contribution in [0.2, 0.25) is 0 Å². The molecule has 0 radical (unpaired) electrons. The maximum absolute atomic E-state index is 5.19. The molecule has 2 rings (SSSR count). The SMILES string of the molecule is COCCC1(CNCC2CCNC(C)C2)CC1. The summed E-state index contributed by atoms with van der Waals surface area (Å²) < 4.78 is 5.19. The van der Waals surface area contributed by atoms with Gasteiger partial charge < -0.3 is 15.4 Å². The lowest BCUT2D eigenvalue weighted by Crippen LogP contribution is -2.40. The maximum Gasteiger partial charge on any atom is 0.0468 e. The normalized spacial score (nSPS) is 31.4. The van der Waals surface area contributed by atoms with Crippen LogP contribution in [0.5, 0.6) is 0 Å². The van der Waals surface area contributed by atoms with E-state index in [1.807, 2.05) is 0 Å². The van der Waals surface area contributed by atoms with Gasteiger partial charge in [0.1, 0.15) is 0 Å². The van der Waals surface area contributed by atoms with Crippen LogP contribution in [0.4, 0.5) is 0 Å². The highest BCUT2D eigenvalue weighted by molar-refractivity contribution is 4.94. The van der Waals surface area contributed by atoms with Gasteiger partial charge in [-0.2, -0.15) is 0 Å². The standard InChI is InChI=1S/C14H28N2O/c1-12-9-13(3-7-16-12)10-15-11-14(4-5-14)6-8-17-2/h12-13,15-16H,3-11H2,1-2H3. The van der Waals surface area contributed by atoms with Crippen molar-refractivity contribution >= 4 is 0 Å². The molecule has 0 aromatic rings. The van der Waals surface area contributed by atoms with Crippen LogP contribution in [-0.4, -0.2) is 39.4 Å². The first-order valence-electron chi connectivity index (χ1n) is 7.17. The van der Waals surface area contributed by atoms with Crippen molar-refractivity contribution < 1.29 is 4.74 Å². The molecule has 1 aliphatic carbocycles. The average Bonchev–Trinajstić information content (AvgIpc) is 3.07. The Balaban J connectivity index is 1.59. The zero-order valence-electron chi connectivity index (χ0n) is 11.4. The molecular weight excluding hydrogens is 212 g/mol. The summed E-state index contributed by atoms with van der Waals surface area (Å²) in [6, 6.07) is 0.707. The number of ether oxygens (including phenoxy) is 1. The van der Waals surface area contributed by atoms with E-state index in [4.69, 9.17) is 4.74 Å². The first-order valence-corrected chi connectivity index (χ1v) is 7.17. The molecule has 2 atom stereocenters. The summed E-state index contributed by atoms with van der Waals surface area (Å²) in [5.41, 5.74) is 0.592. The molecule has 0 amide bonds. The zero-order valence-corrected chi connectivity index (χ0v) is 11.4. The molecule has 0 bridgehead atoms. The van der Waals surface area contributed by atoms with Crippen LogP contribution in [0.15, 0.2) is 0 Å². The van der Waals surface area contributed by atoms with Crippen LogP contribution in [0, 0.1) is 11.3 Å². The molecule has 2 unspecified atom stereocenters. The Kier molecular flexibility index (Phi) is 4.83. The summed E-state index contributed by atoms with van der Waals surface area (Å²) in [5, 5.41) is 7.22. The minimum atomic E-state index is 0.592. The van der Waals surface area contributed by atoms with Crippen molar-refractivity contribution in [1.29, 1.82) is 0 Å². The minimum absolute atomic E-state index is 0.592. The van der Waals surface area contributed by atoms with Gasteiger partial charge in [0, 0.05) is 26.3 Å². The molecule has 1 aliphatic heterocycles. The van der Waals surface area contributed by atoms with Crippen molar-refractivity contribution in [2.75, 3.05) is 33.4 Å². The molecule has 2 N–H and O–H groups in total. The van der Waals surface area contributed by atoms with Gasteiger partial charge in [0.2, 0.25) is 0 Å². The number of piperidine rings is 1. The Labute approximate surface area is 106 Å². The Morgan fingerprint density at radius 3 is 2.88 bits per heavy atom. The third-order valence-corrected chi connectivity index (χ3v) is 4.46. The highest BCUT2D eigenvalue weighted by Crippen LogP contribution is 2.48. The van der Waals surface area contributed by atoms with Gasteiger partial charge in [0.25, 0.3) is 0 Å². The van der Waals surface area contributed by atoms with Crippen molar-refractivity contribution in [2.24, 2.45) is 11.3 Å². The second-order valence-corrected chi connectivity index (χ2v) is 6.12. The van der Waals surface area contributed by atoms with Crippen LogP contribution in [-0.2, 0) is 4.74 Å². The first kappa shape index (κ1) is 13.3. The van der Waals surface area contributed by atoms with Crippen molar-refractivity contribution in [1.82, 2.24) is 10.6 Å². The van der Waals surface area contributed by atoms with Crippen LogP contribution in [0.1, 0.15) is 39.0 Å². The fourth-order valence-corrected chi connectivity index (χ4v) is 2.97. The molecule has 2 fully saturated rings. The second-order valence-electron chi connectivity index (χ2n) is 6.12. The molecule has 17 heavy (non-hydrogen) atoms. The lowest BCUT2D eigenvalue weighted by Gasteiger charge is -2.28. The van der Waals surface area contributed by atoms with E-state index in [0.717, 1.165) is 12.5 Å². The number of rotatable bonds is 7. The van der Waals surface area contributed by atoms with Gasteiger partial charge in [-0.3, -0.25) is 0 Å². The molecule has 3 heteroatoms. The first-order chi connectivity index (χ1) is 8.24. The Morgan fingerprint density at radius 2 is 2.24 bits per heavy atom. The van der Waals surface area contributed by atoms with E-state index in [-0.39, 0.29) is 0 Å². The summed E-state index contributed by atoms with van der Waals surface area (Å²) in [6.45, 7) is 6.83. The van der Waals surface area contributed by atoms with E-state index in [2.05, 4.69) is 17.6 Å². The molecule has 1 saturated heterocycles. The third kappa shape index (κ3) is 4.23. The van der Waals surface area contributed by atoms with E-state index >= 15 is 0 Å². The smallest absolute Gasteiger partial charge is 0.0468 e. The fraction of sp³-hybridized carbons (Fsp3) is 1.00. The Hall–Kier alpha value is -0.120. The summed E-state index contributed by atoms with van der Waals surface area (Å²) in [7, 11) is 1.81. The van der Waals surface area contributed by atoms with Crippen molar-refractivity contribution in [2.45, 2.75) is 45.1 Å². The summed E-state index contributed by atoms with van der Waals surface area (Å²) in [5.74, 6) is 0.879. The number of hydrogen-bond acceptors (Lipinski definition) is 3. The van der Waals surface area contributed by atoms with E-state index < -0.39 is 0 Å². The number of nitrogens with one attached hydrogen (secondary N) is 2. The van der Waals surface area contributed by atoms with E-state index in [1.165, 1.54) is 51.7 Å². The maximum atomic E-state index is 5.19. The van der Waals surface area contributed by atoms with Gasteiger partial charge in [-0.05, 0) is 63.5 Å². The monoisotopic (exact) mass is 240 g/mol. The summed E-state index contributed by atoms with van der Waals surface area (Å²) in [4.78, 5) is 0. The molecule has 0 spiro atoms. The van der Waals surface area contributed by atoms with Gasteiger partial charge >= 0.3 is 0 Å². The molecule has 3 nitrogen and oxygen atoms in total. The van der Waals surface area contributed by atoms with Gasteiger partial charge in [-0.25, -0.2) is 0 Å². The second kappa shape index (κ2) is 6.17. The predicted octanol–water partition coefficient (Wildman–Crippen LogP) is 1.78. The molecule has 1 heterocycles. The van der Waals surface area contributed by atoms with Crippen LogP contribution in [0.3, 0.4) is 0 Å². The van der Waals surface area contributed by atoms with Crippen LogP contribution >= 0.6 is 0 Å². The molecule has 0 aromatic carbocycles. The Bertz CT molecular complexity index is 228.